The molecule has 0 bridgehead atoms. The Hall–Kier alpha value is -1.82. The van der Waals surface area contributed by atoms with Gasteiger partial charge >= 0.3 is 0 Å². The van der Waals surface area contributed by atoms with Crippen molar-refractivity contribution in [2.45, 2.75) is 25.2 Å². The Morgan fingerprint density at radius 1 is 1.31 bits per heavy atom. The Morgan fingerprint density at radius 2 is 2.12 bits per heavy atom. The van der Waals surface area contributed by atoms with Gasteiger partial charge in [0, 0.05) is 5.92 Å². The standard InChI is InChI=1S/C13H13N3/c14-7-8-4-5-12-11(6-8)9-2-1-3-10(9)13(15)16-12/h4-6,9-10H,1-3H2,(H2,15,16)/t9-,10+/m0/s1. The van der Waals surface area contributed by atoms with Crippen LogP contribution in [0, 0.1) is 17.2 Å². The van der Waals surface area contributed by atoms with E-state index >= 15 is 0 Å². The SMILES string of the molecule is N#Cc1ccc2c(c1)[C@H]1CCC[C@H]1C(N)=N2. The summed E-state index contributed by atoms with van der Waals surface area (Å²) in [6, 6.07) is 7.89. The summed E-state index contributed by atoms with van der Waals surface area (Å²) >= 11 is 0. The molecule has 1 aliphatic heterocycles. The number of aliphatic imine (C=N–C) groups is 1. The number of nitriles is 1. The largest absolute Gasteiger partial charge is 0.387 e. The zero-order chi connectivity index (χ0) is 11.1. The van der Waals surface area contributed by atoms with Crippen LogP contribution in [0.2, 0.25) is 0 Å². The highest BCUT2D eigenvalue weighted by atomic mass is 14.9. The van der Waals surface area contributed by atoms with E-state index in [1.807, 2.05) is 18.2 Å². The number of amidine groups is 1. The predicted octanol–water partition coefficient (Wildman–Crippen LogP) is 2.44. The summed E-state index contributed by atoms with van der Waals surface area (Å²) in [5, 5.41) is 8.92. The molecule has 0 radical (unpaired) electrons. The quantitative estimate of drug-likeness (QED) is 0.716. The molecule has 16 heavy (non-hydrogen) atoms. The second-order valence-corrected chi connectivity index (χ2v) is 4.57. The molecule has 1 saturated carbocycles. The molecule has 3 heteroatoms. The Labute approximate surface area is 94.6 Å². The topological polar surface area (TPSA) is 62.2 Å². The molecule has 0 aromatic heterocycles. The fraction of sp³-hybridized carbons (Fsp3) is 0.385. The lowest BCUT2D eigenvalue weighted by molar-refractivity contribution is 0.610. The van der Waals surface area contributed by atoms with E-state index in [1.54, 1.807) is 0 Å². The van der Waals surface area contributed by atoms with E-state index < -0.39 is 0 Å². The van der Waals surface area contributed by atoms with Crippen LogP contribution in [0.4, 0.5) is 5.69 Å². The van der Waals surface area contributed by atoms with Crippen molar-refractivity contribution in [2.75, 3.05) is 0 Å². The number of nitrogens with zero attached hydrogens (tertiary/aromatic N) is 2. The second-order valence-electron chi connectivity index (χ2n) is 4.57. The van der Waals surface area contributed by atoms with Gasteiger partial charge in [-0.2, -0.15) is 5.26 Å². The minimum absolute atomic E-state index is 0.404. The van der Waals surface area contributed by atoms with Crippen molar-refractivity contribution < 1.29 is 0 Å². The van der Waals surface area contributed by atoms with E-state index in [0.29, 0.717) is 11.8 Å². The highest BCUT2D eigenvalue weighted by Gasteiger charge is 2.35. The third kappa shape index (κ3) is 1.23. The fourth-order valence-electron chi connectivity index (χ4n) is 2.93. The van der Waals surface area contributed by atoms with Crippen molar-refractivity contribution in [2.24, 2.45) is 16.6 Å². The maximum atomic E-state index is 8.92. The van der Waals surface area contributed by atoms with E-state index in [-0.39, 0.29) is 0 Å². The van der Waals surface area contributed by atoms with Crippen molar-refractivity contribution in [3.8, 4) is 6.07 Å². The van der Waals surface area contributed by atoms with E-state index in [0.717, 1.165) is 23.5 Å². The highest BCUT2D eigenvalue weighted by Crippen LogP contribution is 2.46. The molecule has 2 N–H and O–H groups in total. The molecule has 3 nitrogen and oxygen atoms in total. The first-order valence-corrected chi connectivity index (χ1v) is 5.67. The van der Waals surface area contributed by atoms with Crippen molar-refractivity contribution in [3.05, 3.63) is 29.3 Å². The van der Waals surface area contributed by atoms with Gasteiger partial charge in [0.05, 0.1) is 17.3 Å². The highest BCUT2D eigenvalue weighted by molar-refractivity contribution is 5.89. The van der Waals surface area contributed by atoms with Crippen LogP contribution in [0.15, 0.2) is 23.2 Å². The van der Waals surface area contributed by atoms with Crippen LogP contribution in [0.1, 0.15) is 36.3 Å². The van der Waals surface area contributed by atoms with Gasteiger partial charge in [-0.1, -0.05) is 6.42 Å². The van der Waals surface area contributed by atoms with Gasteiger partial charge in [-0.05, 0) is 42.5 Å². The lowest BCUT2D eigenvalue weighted by atomic mass is 9.84. The Morgan fingerprint density at radius 3 is 2.94 bits per heavy atom. The molecule has 80 valence electrons. The van der Waals surface area contributed by atoms with Crippen molar-refractivity contribution in [1.82, 2.24) is 0 Å². The summed E-state index contributed by atoms with van der Waals surface area (Å²) in [6.45, 7) is 0. The minimum Gasteiger partial charge on any atom is -0.387 e. The number of fused-ring (bicyclic) bond motifs is 3. The van der Waals surface area contributed by atoms with E-state index in [4.69, 9.17) is 11.0 Å². The van der Waals surface area contributed by atoms with E-state index in [2.05, 4.69) is 11.1 Å². The molecular formula is C13H13N3. The van der Waals surface area contributed by atoms with Crippen LogP contribution in [0.5, 0.6) is 0 Å². The molecule has 3 rings (SSSR count). The minimum atomic E-state index is 0.404. The van der Waals surface area contributed by atoms with Gasteiger partial charge in [0.2, 0.25) is 0 Å². The number of hydrogen-bond donors (Lipinski definition) is 1. The lowest BCUT2D eigenvalue weighted by Crippen LogP contribution is -2.28. The summed E-state index contributed by atoms with van der Waals surface area (Å²) in [7, 11) is 0. The summed E-state index contributed by atoms with van der Waals surface area (Å²) in [5.41, 5.74) is 8.89. The third-order valence-corrected chi connectivity index (χ3v) is 3.70. The average Bonchev–Trinajstić information content (AvgIpc) is 2.78. The number of benzene rings is 1. The summed E-state index contributed by atoms with van der Waals surface area (Å²) in [4.78, 5) is 4.45. The van der Waals surface area contributed by atoms with Gasteiger partial charge in [-0.25, -0.2) is 4.99 Å². The van der Waals surface area contributed by atoms with Crippen LogP contribution in [-0.2, 0) is 0 Å². The first-order valence-electron chi connectivity index (χ1n) is 5.67. The Balaban J connectivity index is 2.16. The molecule has 2 aliphatic rings. The Bertz CT molecular complexity index is 510. The fourth-order valence-corrected chi connectivity index (χ4v) is 2.93. The molecular weight excluding hydrogens is 198 g/mol. The number of nitrogens with two attached hydrogens (primary N) is 1. The first-order chi connectivity index (χ1) is 7.79. The molecule has 1 heterocycles. The molecule has 0 unspecified atom stereocenters. The van der Waals surface area contributed by atoms with Crippen molar-refractivity contribution in [1.29, 1.82) is 5.26 Å². The normalized spacial score (nSPS) is 26.6. The molecule has 0 saturated heterocycles. The van der Waals surface area contributed by atoms with Gasteiger partial charge in [-0.3, -0.25) is 0 Å². The lowest BCUT2D eigenvalue weighted by Gasteiger charge is -2.26. The van der Waals surface area contributed by atoms with Gasteiger partial charge < -0.3 is 5.73 Å². The van der Waals surface area contributed by atoms with Crippen LogP contribution in [0.3, 0.4) is 0 Å². The molecule has 0 amide bonds. The molecule has 1 aromatic carbocycles. The van der Waals surface area contributed by atoms with Crippen LogP contribution in [0.25, 0.3) is 0 Å². The predicted molar refractivity (Wildman–Crippen MR) is 62.5 cm³/mol. The first kappa shape index (κ1) is 9.41. The molecule has 0 spiro atoms. The summed E-state index contributed by atoms with van der Waals surface area (Å²) in [6.07, 6.45) is 3.51. The second kappa shape index (κ2) is 3.34. The maximum absolute atomic E-state index is 8.92. The van der Waals surface area contributed by atoms with Gasteiger partial charge in [0.25, 0.3) is 0 Å². The zero-order valence-electron chi connectivity index (χ0n) is 8.98. The van der Waals surface area contributed by atoms with Crippen LogP contribution in [-0.4, -0.2) is 5.84 Å². The summed E-state index contributed by atoms with van der Waals surface area (Å²) in [5.74, 6) is 1.67. The molecule has 2 atom stereocenters. The van der Waals surface area contributed by atoms with E-state index in [9.17, 15) is 0 Å². The smallest absolute Gasteiger partial charge is 0.103 e. The summed E-state index contributed by atoms with van der Waals surface area (Å²) < 4.78 is 0. The van der Waals surface area contributed by atoms with Crippen molar-refractivity contribution >= 4 is 11.5 Å². The van der Waals surface area contributed by atoms with Gasteiger partial charge in [0.15, 0.2) is 0 Å². The van der Waals surface area contributed by atoms with E-state index in [1.165, 1.54) is 18.4 Å². The molecule has 1 aromatic rings. The number of hydrogen-bond acceptors (Lipinski definition) is 3. The molecule has 1 aliphatic carbocycles. The number of rotatable bonds is 0. The Kier molecular flexibility index (Phi) is 1.97. The monoisotopic (exact) mass is 211 g/mol. The van der Waals surface area contributed by atoms with Gasteiger partial charge in [0.1, 0.15) is 5.84 Å². The van der Waals surface area contributed by atoms with Gasteiger partial charge in [-0.15, -0.1) is 0 Å². The third-order valence-electron chi connectivity index (χ3n) is 3.70. The van der Waals surface area contributed by atoms with Crippen molar-refractivity contribution in [3.63, 3.8) is 0 Å². The zero-order valence-corrected chi connectivity index (χ0v) is 8.98. The van der Waals surface area contributed by atoms with Crippen LogP contribution >= 0.6 is 0 Å². The van der Waals surface area contributed by atoms with Crippen LogP contribution < -0.4 is 5.73 Å². The molecule has 1 fully saturated rings. The maximum Gasteiger partial charge on any atom is 0.103 e. The average molecular weight is 211 g/mol.